The van der Waals surface area contributed by atoms with Crippen LogP contribution in [0.25, 0.3) is 0 Å². The average Bonchev–Trinajstić information content (AvgIpc) is 3.05. The number of urea groups is 1. The molecule has 0 aromatic carbocycles. The minimum atomic E-state index is -0.0928. The summed E-state index contributed by atoms with van der Waals surface area (Å²) in [7, 11) is 0. The van der Waals surface area contributed by atoms with Gasteiger partial charge in [0.1, 0.15) is 0 Å². The molecule has 2 amide bonds. The Kier molecular flexibility index (Phi) is 5.22. The number of nitrogens with zero attached hydrogens (tertiary/aromatic N) is 3. The first-order valence-electron chi connectivity index (χ1n) is 7.76. The van der Waals surface area contributed by atoms with Crippen LogP contribution in [-0.4, -0.2) is 45.5 Å². The molecule has 1 aliphatic heterocycles. The Bertz CT molecular complexity index is 484. The van der Waals surface area contributed by atoms with Gasteiger partial charge in [0.15, 0.2) is 0 Å². The van der Waals surface area contributed by atoms with E-state index in [0.29, 0.717) is 19.0 Å². The summed E-state index contributed by atoms with van der Waals surface area (Å²) in [4.78, 5) is 14.0. The predicted octanol–water partition coefficient (Wildman–Crippen LogP) is 1.95. The van der Waals surface area contributed by atoms with Gasteiger partial charge in [-0.05, 0) is 18.8 Å². The molecule has 0 aliphatic carbocycles. The molecule has 1 unspecified atom stereocenters. The van der Waals surface area contributed by atoms with Gasteiger partial charge in [0.05, 0.1) is 17.6 Å². The van der Waals surface area contributed by atoms with Crippen molar-refractivity contribution in [1.29, 1.82) is 0 Å². The normalized spacial score (nSPS) is 18.5. The highest BCUT2D eigenvalue weighted by molar-refractivity contribution is 5.90. The quantitative estimate of drug-likeness (QED) is 0.872. The van der Waals surface area contributed by atoms with Gasteiger partial charge >= 0.3 is 6.03 Å². The molecule has 0 bridgehead atoms. The van der Waals surface area contributed by atoms with E-state index in [1.165, 1.54) is 0 Å². The second-order valence-electron chi connectivity index (χ2n) is 6.15. The molecule has 0 saturated carbocycles. The van der Waals surface area contributed by atoms with Crippen molar-refractivity contribution < 1.29 is 9.90 Å². The number of amides is 2. The second kappa shape index (κ2) is 6.93. The van der Waals surface area contributed by atoms with Crippen LogP contribution in [0.3, 0.4) is 0 Å². The van der Waals surface area contributed by atoms with Gasteiger partial charge in [-0.25, -0.2) is 4.79 Å². The highest BCUT2D eigenvalue weighted by atomic mass is 16.3. The minimum Gasteiger partial charge on any atom is -0.396 e. The Morgan fingerprint density at radius 3 is 2.90 bits per heavy atom. The maximum absolute atomic E-state index is 12.3. The van der Waals surface area contributed by atoms with Crippen LogP contribution >= 0.6 is 0 Å². The van der Waals surface area contributed by atoms with Crippen molar-refractivity contribution >= 4 is 11.7 Å². The Morgan fingerprint density at radius 2 is 2.33 bits per heavy atom. The SMILES string of the molecule is CCc1c(NC(=O)N2CCC(CO)C2)cnn1CC(C)C. The summed E-state index contributed by atoms with van der Waals surface area (Å²) in [6, 6.07) is -0.0928. The minimum absolute atomic E-state index is 0.0928. The molecule has 118 valence electrons. The fraction of sp³-hybridized carbons (Fsp3) is 0.733. The maximum Gasteiger partial charge on any atom is 0.321 e. The van der Waals surface area contributed by atoms with Gasteiger partial charge in [-0.3, -0.25) is 4.68 Å². The molecular formula is C15H26N4O2. The lowest BCUT2D eigenvalue weighted by Crippen LogP contribution is -2.33. The number of anilines is 1. The number of aliphatic hydroxyl groups excluding tert-OH is 1. The van der Waals surface area contributed by atoms with Crippen LogP contribution in [0.1, 0.15) is 32.9 Å². The van der Waals surface area contributed by atoms with Crippen molar-refractivity contribution in [3.8, 4) is 0 Å². The van der Waals surface area contributed by atoms with Crippen LogP contribution in [0.15, 0.2) is 6.20 Å². The van der Waals surface area contributed by atoms with Crippen LogP contribution in [0.2, 0.25) is 0 Å². The topological polar surface area (TPSA) is 70.4 Å². The Balaban J connectivity index is 2.02. The van der Waals surface area contributed by atoms with E-state index in [1.54, 1.807) is 11.1 Å². The van der Waals surface area contributed by atoms with Gasteiger partial charge in [0, 0.05) is 32.2 Å². The molecule has 0 spiro atoms. The number of aromatic nitrogens is 2. The first-order valence-corrected chi connectivity index (χ1v) is 7.76. The summed E-state index contributed by atoms with van der Waals surface area (Å²) in [5.41, 5.74) is 1.87. The molecule has 6 heteroatoms. The molecule has 1 saturated heterocycles. The summed E-state index contributed by atoms with van der Waals surface area (Å²) in [6.45, 7) is 8.71. The molecule has 21 heavy (non-hydrogen) atoms. The summed E-state index contributed by atoms with van der Waals surface area (Å²) in [5.74, 6) is 0.729. The highest BCUT2D eigenvalue weighted by Gasteiger charge is 2.26. The van der Waals surface area contributed by atoms with Crippen LogP contribution in [0.5, 0.6) is 0 Å². The Hall–Kier alpha value is -1.56. The monoisotopic (exact) mass is 294 g/mol. The highest BCUT2D eigenvalue weighted by Crippen LogP contribution is 2.20. The molecule has 6 nitrogen and oxygen atoms in total. The van der Waals surface area contributed by atoms with E-state index < -0.39 is 0 Å². The van der Waals surface area contributed by atoms with Crippen molar-refractivity contribution in [1.82, 2.24) is 14.7 Å². The van der Waals surface area contributed by atoms with E-state index in [2.05, 4.69) is 31.2 Å². The zero-order chi connectivity index (χ0) is 15.4. The van der Waals surface area contributed by atoms with Gasteiger partial charge in [-0.15, -0.1) is 0 Å². The molecule has 2 N–H and O–H groups in total. The largest absolute Gasteiger partial charge is 0.396 e. The molecule has 1 atom stereocenters. The molecular weight excluding hydrogens is 268 g/mol. The van der Waals surface area contributed by atoms with Crippen molar-refractivity contribution in [3.63, 3.8) is 0 Å². The summed E-state index contributed by atoms with van der Waals surface area (Å²) >= 11 is 0. The molecule has 2 rings (SSSR count). The lowest BCUT2D eigenvalue weighted by molar-refractivity contribution is 0.208. The van der Waals surface area contributed by atoms with Crippen LogP contribution < -0.4 is 5.32 Å². The zero-order valence-corrected chi connectivity index (χ0v) is 13.2. The number of aliphatic hydroxyl groups is 1. The first-order chi connectivity index (χ1) is 10.0. The predicted molar refractivity (Wildman–Crippen MR) is 82.2 cm³/mol. The summed E-state index contributed by atoms with van der Waals surface area (Å²) < 4.78 is 1.97. The molecule has 0 radical (unpaired) electrons. The van der Waals surface area contributed by atoms with E-state index in [0.717, 1.165) is 30.8 Å². The number of likely N-dealkylation sites (tertiary alicyclic amines) is 1. The number of rotatable bonds is 5. The number of hydrogen-bond acceptors (Lipinski definition) is 3. The molecule has 1 fully saturated rings. The van der Waals surface area contributed by atoms with Gasteiger partial charge in [0.2, 0.25) is 0 Å². The molecule has 1 aromatic heterocycles. The third-order valence-corrected chi connectivity index (χ3v) is 3.89. The van der Waals surface area contributed by atoms with E-state index >= 15 is 0 Å². The van der Waals surface area contributed by atoms with Crippen LogP contribution in [0, 0.1) is 11.8 Å². The zero-order valence-electron chi connectivity index (χ0n) is 13.2. The van der Waals surface area contributed by atoms with Gasteiger partial charge < -0.3 is 15.3 Å². The Morgan fingerprint density at radius 1 is 1.57 bits per heavy atom. The van der Waals surface area contributed by atoms with Crippen molar-refractivity contribution in [3.05, 3.63) is 11.9 Å². The lowest BCUT2D eigenvalue weighted by atomic mass is 10.1. The summed E-state index contributed by atoms with van der Waals surface area (Å²) in [6.07, 6.45) is 3.44. The van der Waals surface area contributed by atoms with E-state index in [4.69, 9.17) is 5.11 Å². The number of carbonyl (C=O) groups is 1. The van der Waals surface area contributed by atoms with Crippen LogP contribution in [0.4, 0.5) is 10.5 Å². The smallest absolute Gasteiger partial charge is 0.321 e. The third-order valence-electron chi connectivity index (χ3n) is 3.89. The molecule has 1 aliphatic rings. The number of nitrogens with one attached hydrogen (secondary N) is 1. The Labute approximate surface area is 126 Å². The van der Waals surface area contributed by atoms with E-state index in [-0.39, 0.29) is 18.6 Å². The standard InChI is InChI=1S/C15H26N4O2/c1-4-14-13(7-16-19(14)8-11(2)3)17-15(21)18-6-5-12(9-18)10-20/h7,11-12,20H,4-6,8-10H2,1-3H3,(H,17,21). The lowest BCUT2D eigenvalue weighted by Gasteiger charge is -2.17. The van der Waals surface area contributed by atoms with Crippen molar-refractivity contribution in [2.75, 3.05) is 25.0 Å². The van der Waals surface area contributed by atoms with Gasteiger partial charge in [-0.1, -0.05) is 20.8 Å². The van der Waals surface area contributed by atoms with E-state index in [1.807, 2.05) is 4.68 Å². The van der Waals surface area contributed by atoms with Gasteiger partial charge in [-0.2, -0.15) is 5.10 Å². The first kappa shape index (κ1) is 15.8. The van der Waals surface area contributed by atoms with Crippen molar-refractivity contribution in [2.24, 2.45) is 11.8 Å². The number of carbonyl (C=O) groups excluding carboxylic acids is 1. The average molecular weight is 294 g/mol. The second-order valence-corrected chi connectivity index (χ2v) is 6.15. The maximum atomic E-state index is 12.3. The third kappa shape index (κ3) is 3.75. The van der Waals surface area contributed by atoms with Crippen molar-refractivity contribution in [2.45, 2.75) is 40.2 Å². The summed E-state index contributed by atoms with van der Waals surface area (Å²) in [5, 5.41) is 16.5. The van der Waals surface area contributed by atoms with E-state index in [9.17, 15) is 4.79 Å². The molecule has 1 aromatic rings. The molecule has 2 heterocycles. The van der Waals surface area contributed by atoms with Gasteiger partial charge in [0.25, 0.3) is 0 Å². The fourth-order valence-electron chi connectivity index (χ4n) is 2.75. The fourth-order valence-corrected chi connectivity index (χ4v) is 2.75. The number of hydrogen-bond donors (Lipinski definition) is 2. The van der Waals surface area contributed by atoms with Crippen LogP contribution in [-0.2, 0) is 13.0 Å².